The van der Waals surface area contributed by atoms with Crippen LogP contribution in [0.5, 0.6) is 11.6 Å². The standard InChI is InChI=1S/C29H27N5O2/c1-29(2,26-23(35-3)12-8-16-32-26)18-36-28-27(30)33-24(19-9-5-4-6-10-19)25(34-28)21-13-14-22-20(17-21)11-7-15-31-22/h4-17H,18H2,1-3H3,(H2,30,33). The van der Waals surface area contributed by atoms with Crippen molar-refractivity contribution in [3.05, 3.63) is 90.9 Å². The highest BCUT2D eigenvalue weighted by Crippen LogP contribution is 2.35. The highest BCUT2D eigenvalue weighted by atomic mass is 16.5. The van der Waals surface area contributed by atoms with E-state index in [0.717, 1.165) is 27.7 Å². The molecular formula is C29H27N5O2. The van der Waals surface area contributed by atoms with E-state index in [-0.39, 0.29) is 18.3 Å². The van der Waals surface area contributed by atoms with E-state index in [1.54, 1.807) is 19.5 Å². The Morgan fingerprint density at radius 3 is 2.36 bits per heavy atom. The number of fused-ring (bicyclic) bond motifs is 1. The Balaban J connectivity index is 1.56. The average molecular weight is 478 g/mol. The van der Waals surface area contributed by atoms with E-state index in [1.165, 1.54) is 0 Å². The number of methoxy groups -OCH3 is 1. The number of nitrogen functional groups attached to an aromatic ring is 1. The third kappa shape index (κ3) is 4.55. The van der Waals surface area contributed by atoms with E-state index in [9.17, 15) is 0 Å². The van der Waals surface area contributed by atoms with Crippen LogP contribution in [-0.2, 0) is 5.41 Å². The zero-order valence-electron chi connectivity index (χ0n) is 20.5. The molecule has 0 saturated carbocycles. The predicted octanol–water partition coefficient (Wildman–Crippen LogP) is 5.70. The number of hydrogen-bond acceptors (Lipinski definition) is 7. The zero-order valence-corrected chi connectivity index (χ0v) is 20.5. The third-order valence-electron chi connectivity index (χ3n) is 6.01. The summed E-state index contributed by atoms with van der Waals surface area (Å²) in [5, 5.41) is 1.01. The van der Waals surface area contributed by atoms with Crippen LogP contribution in [0.1, 0.15) is 19.5 Å². The topological polar surface area (TPSA) is 96.0 Å². The Labute approximate surface area is 210 Å². The van der Waals surface area contributed by atoms with Gasteiger partial charge >= 0.3 is 0 Å². The molecule has 5 rings (SSSR count). The first-order chi connectivity index (χ1) is 17.5. The Morgan fingerprint density at radius 2 is 1.56 bits per heavy atom. The molecular weight excluding hydrogens is 450 g/mol. The van der Waals surface area contributed by atoms with Crippen molar-refractivity contribution in [2.24, 2.45) is 0 Å². The summed E-state index contributed by atoms with van der Waals surface area (Å²) in [6, 6.07) is 23.6. The lowest BCUT2D eigenvalue weighted by atomic mass is 9.89. The molecule has 0 fully saturated rings. The molecule has 2 N–H and O–H groups in total. The lowest BCUT2D eigenvalue weighted by Crippen LogP contribution is -2.28. The largest absolute Gasteiger partial charge is 0.495 e. The maximum absolute atomic E-state index is 6.37. The van der Waals surface area contributed by atoms with Crippen molar-refractivity contribution in [3.63, 3.8) is 0 Å². The predicted molar refractivity (Wildman–Crippen MR) is 142 cm³/mol. The van der Waals surface area contributed by atoms with Gasteiger partial charge in [0.25, 0.3) is 5.88 Å². The highest BCUT2D eigenvalue weighted by Gasteiger charge is 2.28. The first kappa shape index (κ1) is 23.2. The quantitative estimate of drug-likeness (QED) is 0.321. The van der Waals surface area contributed by atoms with Gasteiger partial charge in [0.15, 0.2) is 5.82 Å². The molecule has 36 heavy (non-hydrogen) atoms. The lowest BCUT2D eigenvalue weighted by Gasteiger charge is -2.26. The second-order valence-electron chi connectivity index (χ2n) is 9.11. The van der Waals surface area contributed by atoms with Crippen molar-refractivity contribution in [1.82, 2.24) is 19.9 Å². The summed E-state index contributed by atoms with van der Waals surface area (Å²) in [6.45, 7) is 4.36. The second kappa shape index (κ2) is 9.62. The monoisotopic (exact) mass is 477 g/mol. The molecule has 7 heteroatoms. The molecule has 2 aromatic carbocycles. The maximum Gasteiger partial charge on any atom is 0.257 e. The van der Waals surface area contributed by atoms with Crippen LogP contribution in [0.3, 0.4) is 0 Å². The van der Waals surface area contributed by atoms with Gasteiger partial charge in [0, 0.05) is 34.3 Å². The summed E-state index contributed by atoms with van der Waals surface area (Å²) in [4.78, 5) is 18.6. The average Bonchev–Trinajstić information content (AvgIpc) is 2.92. The number of aromatic nitrogens is 4. The molecule has 0 atom stereocenters. The SMILES string of the molecule is COc1cccnc1C(C)(C)COc1nc(-c2ccc3ncccc3c2)c(-c2ccccc2)nc1N. The molecule has 3 aromatic heterocycles. The van der Waals surface area contributed by atoms with Gasteiger partial charge in [-0.3, -0.25) is 9.97 Å². The van der Waals surface area contributed by atoms with Gasteiger partial charge < -0.3 is 15.2 Å². The summed E-state index contributed by atoms with van der Waals surface area (Å²) < 4.78 is 11.7. The van der Waals surface area contributed by atoms with Crippen LogP contribution in [0, 0.1) is 0 Å². The van der Waals surface area contributed by atoms with E-state index >= 15 is 0 Å². The molecule has 0 unspecified atom stereocenters. The molecule has 0 aliphatic heterocycles. The van der Waals surface area contributed by atoms with E-state index in [2.05, 4.69) is 16.0 Å². The van der Waals surface area contributed by atoms with Crippen LogP contribution in [0.2, 0.25) is 0 Å². The fourth-order valence-electron chi connectivity index (χ4n) is 4.14. The Bertz CT molecular complexity index is 1520. The number of ether oxygens (including phenoxy) is 2. The molecule has 3 heterocycles. The molecule has 0 saturated heterocycles. The van der Waals surface area contributed by atoms with Crippen molar-refractivity contribution in [2.45, 2.75) is 19.3 Å². The first-order valence-electron chi connectivity index (χ1n) is 11.7. The van der Waals surface area contributed by atoms with E-state index in [4.69, 9.17) is 25.2 Å². The molecule has 180 valence electrons. The Hall–Kier alpha value is -4.52. The van der Waals surface area contributed by atoms with Gasteiger partial charge in [-0.15, -0.1) is 0 Å². The van der Waals surface area contributed by atoms with Gasteiger partial charge in [0.05, 0.1) is 24.0 Å². The highest BCUT2D eigenvalue weighted by molar-refractivity contribution is 5.87. The molecule has 0 spiro atoms. The Morgan fingerprint density at radius 1 is 0.806 bits per heavy atom. The summed E-state index contributed by atoms with van der Waals surface area (Å²) in [6.07, 6.45) is 3.53. The van der Waals surface area contributed by atoms with Crippen molar-refractivity contribution in [2.75, 3.05) is 19.5 Å². The van der Waals surface area contributed by atoms with Crippen LogP contribution in [0.4, 0.5) is 5.82 Å². The number of hydrogen-bond donors (Lipinski definition) is 1. The number of benzene rings is 2. The molecule has 0 amide bonds. The normalized spacial score (nSPS) is 11.4. The Kier molecular flexibility index (Phi) is 6.21. The molecule has 0 aliphatic rings. The number of rotatable bonds is 7. The fourth-order valence-corrected chi connectivity index (χ4v) is 4.14. The fraction of sp³-hybridized carbons (Fsp3) is 0.172. The van der Waals surface area contributed by atoms with Crippen LogP contribution >= 0.6 is 0 Å². The van der Waals surface area contributed by atoms with Crippen molar-refractivity contribution in [3.8, 4) is 34.1 Å². The lowest BCUT2D eigenvalue weighted by molar-refractivity contribution is 0.225. The minimum absolute atomic E-state index is 0.226. The minimum Gasteiger partial charge on any atom is -0.495 e. The molecule has 0 bridgehead atoms. The van der Waals surface area contributed by atoms with Crippen LogP contribution in [0.25, 0.3) is 33.4 Å². The number of pyridine rings is 2. The van der Waals surface area contributed by atoms with Gasteiger partial charge in [-0.25, -0.2) is 9.97 Å². The summed E-state index contributed by atoms with van der Waals surface area (Å²) in [5.41, 5.74) is 10.8. The van der Waals surface area contributed by atoms with Gasteiger partial charge in [0.1, 0.15) is 18.1 Å². The summed E-state index contributed by atoms with van der Waals surface area (Å²) in [7, 11) is 1.63. The van der Waals surface area contributed by atoms with Gasteiger partial charge in [-0.2, -0.15) is 0 Å². The maximum atomic E-state index is 6.37. The number of nitrogens with two attached hydrogens (primary N) is 1. The van der Waals surface area contributed by atoms with Gasteiger partial charge in [-0.05, 0) is 30.3 Å². The minimum atomic E-state index is -0.465. The van der Waals surface area contributed by atoms with Gasteiger partial charge in [-0.1, -0.05) is 56.3 Å². The number of nitrogens with zero attached hydrogens (tertiary/aromatic N) is 4. The smallest absolute Gasteiger partial charge is 0.257 e. The third-order valence-corrected chi connectivity index (χ3v) is 6.01. The zero-order chi connectivity index (χ0) is 25.1. The molecule has 0 radical (unpaired) electrons. The van der Waals surface area contributed by atoms with Crippen LogP contribution in [0.15, 0.2) is 85.2 Å². The van der Waals surface area contributed by atoms with E-state index in [0.29, 0.717) is 17.1 Å². The van der Waals surface area contributed by atoms with Crippen LogP contribution < -0.4 is 15.2 Å². The van der Waals surface area contributed by atoms with E-state index < -0.39 is 5.41 Å². The molecule has 5 aromatic rings. The first-order valence-corrected chi connectivity index (χ1v) is 11.7. The van der Waals surface area contributed by atoms with Crippen LogP contribution in [-0.4, -0.2) is 33.7 Å². The summed E-state index contributed by atoms with van der Waals surface area (Å²) in [5.74, 6) is 1.21. The van der Waals surface area contributed by atoms with Crippen molar-refractivity contribution in [1.29, 1.82) is 0 Å². The second-order valence-corrected chi connectivity index (χ2v) is 9.11. The van der Waals surface area contributed by atoms with Crippen molar-refractivity contribution >= 4 is 16.7 Å². The van der Waals surface area contributed by atoms with Crippen molar-refractivity contribution < 1.29 is 9.47 Å². The molecule has 0 aliphatic carbocycles. The molecule has 7 nitrogen and oxygen atoms in total. The summed E-state index contributed by atoms with van der Waals surface area (Å²) >= 11 is 0. The van der Waals surface area contributed by atoms with E-state index in [1.807, 2.05) is 80.6 Å². The number of anilines is 1. The van der Waals surface area contributed by atoms with Gasteiger partial charge in [0.2, 0.25) is 0 Å².